The lowest BCUT2D eigenvalue weighted by atomic mass is 10.1. The van der Waals surface area contributed by atoms with Gasteiger partial charge in [-0.15, -0.1) is 0 Å². The molecule has 0 aliphatic heterocycles. The summed E-state index contributed by atoms with van der Waals surface area (Å²) in [5.74, 6) is -0.804. The van der Waals surface area contributed by atoms with Crippen LogP contribution in [0.25, 0.3) is 0 Å². The van der Waals surface area contributed by atoms with Crippen LogP contribution in [0.1, 0.15) is 22.3 Å². The highest BCUT2D eigenvalue weighted by Crippen LogP contribution is 2.30. The Hall–Kier alpha value is -2.57. The van der Waals surface area contributed by atoms with Gasteiger partial charge in [0, 0.05) is 18.7 Å². The third kappa shape index (κ3) is 4.97. The second-order valence-corrected chi connectivity index (χ2v) is 5.33. The quantitative estimate of drug-likeness (QED) is 0.807. The van der Waals surface area contributed by atoms with Gasteiger partial charge in [0.15, 0.2) is 0 Å². The number of rotatable bonds is 4. The molecule has 2 amide bonds. The monoisotopic (exact) mass is 340 g/mol. The predicted octanol–water partition coefficient (Wildman–Crippen LogP) is 4.15. The van der Waals surface area contributed by atoms with E-state index in [2.05, 4.69) is 10.6 Å². The second-order valence-electron chi connectivity index (χ2n) is 5.33. The SMILES string of the molecule is Cc1ccc(CNC(=O)NCc2cc(C(F)(F)F)ccc2F)cc1. The molecule has 0 aromatic heterocycles. The molecular formula is C17H16F4N2O. The molecule has 128 valence electrons. The predicted molar refractivity (Wildman–Crippen MR) is 81.7 cm³/mol. The average molecular weight is 340 g/mol. The fourth-order valence-electron chi connectivity index (χ4n) is 2.01. The first kappa shape index (κ1) is 17.8. The minimum atomic E-state index is -4.56. The molecule has 0 atom stereocenters. The summed E-state index contributed by atoms with van der Waals surface area (Å²) in [5, 5.41) is 4.90. The minimum Gasteiger partial charge on any atom is -0.334 e. The van der Waals surface area contributed by atoms with Gasteiger partial charge in [-0.3, -0.25) is 0 Å². The van der Waals surface area contributed by atoms with E-state index in [1.807, 2.05) is 31.2 Å². The Morgan fingerprint density at radius 1 is 1.00 bits per heavy atom. The van der Waals surface area contributed by atoms with E-state index >= 15 is 0 Å². The number of amides is 2. The van der Waals surface area contributed by atoms with Crippen molar-refractivity contribution >= 4 is 6.03 Å². The van der Waals surface area contributed by atoms with E-state index in [9.17, 15) is 22.4 Å². The Morgan fingerprint density at radius 3 is 2.25 bits per heavy atom. The second kappa shape index (κ2) is 7.33. The van der Waals surface area contributed by atoms with E-state index in [4.69, 9.17) is 0 Å². The number of alkyl halides is 3. The number of carbonyl (C=O) groups is 1. The van der Waals surface area contributed by atoms with Gasteiger partial charge in [-0.2, -0.15) is 13.2 Å². The molecule has 7 heteroatoms. The van der Waals surface area contributed by atoms with Gasteiger partial charge >= 0.3 is 12.2 Å². The van der Waals surface area contributed by atoms with Crippen molar-refractivity contribution in [3.05, 3.63) is 70.5 Å². The van der Waals surface area contributed by atoms with Crippen LogP contribution in [0.5, 0.6) is 0 Å². The zero-order chi connectivity index (χ0) is 17.7. The molecule has 3 nitrogen and oxygen atoms in total. The maximum atomic E-state index is 13.6. The molecule has 2 aromatic rings. The highest BCUT2D eigenvalue weighted by molar-refractivity contribution is 5.73. The van der Waals surface area contributed by atoms with Crippen LogP contribution in [-0.2, 0) is 19.3 Å². The van der Waals surface area contributed by atoms with Gasteiger partial charge in [-0.25, -0.2) is 9.18 Å². The van der Waals surface area contributed by atoms with Crippen LogP contribution >= 0.6 is 0 Å². The van der Waals surface area contributed by atoms with Crippen LogP contribution in [0.15, 0.2) is 42.5 Å². The Bertz CT molecular complexity index is 712. The Balaban J connectivity index is 1.90. The molecule has 2 aromatic carbocycles. The largest absolute Gasteiger partial charge is 0.416 e. The molecular weight excluding hydrogens is 324 g/mol. The van der Waals surface area contributed by atoms with Gasteiger partial charge in [0.05, 0.1) is 5.56 Å². The molecule has 0 unspecified atom stereocenters. The maximum Gasteiger partial charge on any atom is 0.416 e. The summed E-state index contributed by atoms with van der Waals surface area (Å²) in [7, 11) is 0. The number of halogens is 4. The molecule has 2 N–H and O–H groups in total. The van der Waals surface area contributed by atoms with Gasteiger partial charge in [-0.1, -0.05) is 29.8 Å². The number of urea groups is 1. The van der Waals surface area contributed by atoms with Gasteiger partial charge in [-0.05, 0) is 30.7 Å². The number of hydrogen-bond donors (Lipinski definition) is 2. The normalized spacial score (nSPS) is 11.2. The third-order valence-electron chi connectivity index (χ3n) is 3.39. The number of carbonyl (C=O) groups excluding carboxylic acids is 1. The average Bonchev–Trinajstić information content (AvgIpc) is 2.52. The summed E-state index contributed by atoms with van der Waals surface area (Å²) >= 11 is 0. The molecule has 0 saturated heterocycles. The van der Waals surface area contributed by atoms with Gasteiger partial charge < -0.3 is 10.6 Å². The molecule has 2 rings (SSSR count). The fraction of sp³-hybridized carbons (Fsp3) is 0.235. The standard InChI is InChI=1S/C17H16F4N2O/c1-11-2-4-12(5-3-11)9-22-16(24)23-10-13-8-14(17(19,20)21)6-7-15(13)18/h2-8H,9-10H2,1H3,(H2,22,23,24). The summed E-state index contributed by atoms with van der Waals surface area (Å²) in [4.78, 5) is 11.7. The van der Waals surface area contributed by atoms with Gasteiger partial charge in [0.2, 0.25) is 0 Å². The highest BCUT2D eigenvalue weighted by atomic mass is 19.4. The van der Waals surface area contributed by atoms with Crippen molar-refractivity contribution in [3.8, 4) is 0 Å². The first-order valence-electron chi connectivity index (χ1n) is 7.18. The van der Waals surface area contributed by atoms with Crippen LogP contribution in [0.2, 0.25) is 0 Å². The van der Waals surface area contributed by atoms with Crippen molar-refractivity contribution in [2.24, 2.45) is 0 Å². The van der Waals surface area contributed by atoms with Crippen molar-refractivity contribution in [1.82, 2.24) is 10.6 Å². The van der Waals surface area contributed by atoms with Crippen molar-refractivity contribution in [1.29, 1.82) is 0 Å². The third-order valence-corrected chi connectivity index (χ3v) is 3.39. The van der Waals surface area contributed by atoms with Crippen LogP contribution < -0.4 is 10.6 Å². The summed E-state index contributed by atoms with van der Waals surface area (Å²) in [6.07, 6.45) is -4.56. The molecule has 0 heterocycles. The first-order valence-corrected chi connectivity index (χ1v) is 7.18. The topological polar surface area (TPSA) is 41.1 Å². The van der Waals surface area contributed by atoms with Crippen molar-refractivity contribution in [3.63, 3.8) is 0 Å². The minimum absolute atomic E-state index is 0.227. The molecule has 0 bridgehead atoms. The summed E-state index contributed by atoms with van der Waals surface area (Å²) in [6, 6.07) is 8.99. The van der Waals surface area contributed by atoms with Crippen LogP contribution in [-0.4, -0.2) is 6.03 Å². The van der Waals surface area contributed by atoms with E-state index < -0.39 is 23.6 Å². The summed E-state index contributed by atoms with van der Waals surface area (Å²) in [5.41, 5.74) is 0.778. The van der Waals surface area contributed by atoms with Crippen molar-refractivity contribution in [2.45, 2.75) is 26.2 Å². The van der Waals surface area contributed by atoms with Crippen molar-refractivity contribution in [2.75, 3.05) is 0 Å². The molecule has 0 saturated carbocycles. The molecule has 0 spiro atoms. The Kier molecular flexibility index (Phi) is 5.43. The smallest absolute Gasteiger partial charge is 0.334 e. The van der Waals surface area contributed by atoms with Crippen LogP contribution in [0, 0.1) is 12.7 Å². The summed E-state index contributed by atoms with van der Waals surface area (Å²) < 4.78 is 51.4. The highest BCUT2D eigenvalue weighted by Gasteiger charge is 2.31. The zero-order valence-corrected chi connectivity index (χ0v) is 12.9. The number of aryl methyl sites for hydroxylation is 1. The van der Waals surface area contributed by atoms with E-state index in [-0.39, 0.29) is 18.7 Å². The lowest BCUT2D eigenvalue weighted by molar-refractivity contribution is -0.137. The lowest BCUT2D eigenvalue weighted by Gasteiger charge is -2.11. The zero-order valence-electron chi connectivity index (χ0n) is 12.9. The Labute approximate surface area is 136 Å². The fourth-order valence-corrected chi connectivity index (χ4v) is 2.01. The number of nitrogens with one attached hydrogen (secondary N) is 2. The molecule has 0 aliphatic carbocycles. The number of hydrogen-bond acceptors (Lipinski definition) is 1. The number of benzene rings is 2. The van der Waals surface area contributed by atoms with E-state index in [1.165, 1.54) is 0 Å². The van der Waals surface area contributed by atoms with Crippen LogP contribution in [0.3, 0.4) is 0 Å². The van der Waals surface area contributed by atoms with Crippen LogP contribution in [0.4, 0.5) is 22.4 Å². The van der Waals surface area contributed by atoms with E-state index in [1.54, 1.807) is 0 Å². The van der Waals surface area contributed by atoms with Gasteiger partial charge in [0.25, 0.3) is 0 Å². The molecule has 0 fully saturated rings. The van der Waals surface area contributed by atoms with Gasteiger partial charge in [0.1, 0.15) is 5.82 Å². The Morgan fingerprint density at radius 2 is 1.62 bits per heavy atom. The molecule has 0 aliphatic rings. The summed E-state index contributed by atoms with van der Waals surface area (Å²) in [6.45, 7) is 1.86. The lowest BCUT2D eigenvalue weighted by Crippen LogP contribution is -2.34. The van der Waals surface area contributed by atoms with Crippen molar-refractivity contribution < 1.29 is 22.4 Å². The van der Waals surface area contributed by atoms with E-state index in [0.29, 0.717) is 12.1 Å². The maximum absolute atomic E-state index is 13.6. The first-order chi connectivity index (χ1) is 11.3. The van der Waals surface area contributed by atoms with E-state index in [0.717, 1.165) is 17.2 Å². The molecule has 0 radical (unpaired) electrons. The molecule has 24 heavy (non-hydrogen) atoms.